The molecule has 0 spiro atoms. The van der Waals surface area contributed by atoms with Crippen LogP contribution in [0.2, 0.25) is 5.15 Å². The first-order chi connectivity index (χ1) is 8.58. The van der Waals surface area contributed by atoms with Gasteiger partial charge in [-0.15, -0.1) is 0 Å². The van der Waals surface area contributed by atoms with Crippen LogP contribution in [0.4, 0.5) is 0 Å². The second kappa shape index (κ2) is 5.63. The van der Waals surface area contributed by atoms with Crippen molar-refractivity contribution in [3.8, 4) is 0 Å². The van der Waals surface area contributed by atoms with Gasteiger partial charge in [0.25, 0.3) is 5.91 Å². The third-order valence-electron chi connectivity index (χ3n) is 3.34. The van der Waals surface area contributed by atoms with Gasteiger partial charge in [0.05, 0.1) is 12.4 Å². The molecule has 0 N–H and O–H groups in total. The zero-order valence-electron chi connectivity index (χ0n) is 10.6. The van der Waals surface area contributed by atoms with Crippen LogP contribution >= 0.6 is 11.6 Å². The zero-order valence-corrected chi connectivity index (χ0v) is 11.4. The molecular weight excluding hydrogens is 252 g/mol. The molecule has 5 nitrogen and oxygen atoms in total. The van der Waals surface area contributed by atoms with Gasteiger partial charge in [0, 0.05) is 19.6 Å². The van der Waals surface area contributed by atoms with E-state index >= 15 is 0 Å². The van der Waals surface area contributed by atoms with Crippen molar-refractivity contribution in [2.45, 2.75) is 18.9 Å². The Kier molecular flexibility index (Phi) is 4.14. The summed E-state index contributed by atoms with van der Waals surface area (Å²) in [5.41, 5.74) is 0.336. The lowest BCUT2D eigenvalue weighted by atomic mass is 10.2. The average Bonchev–Trinajstić information content (AvgIpc) is 2.75. The molecule has 6 heteroatoms. The third-order valence-corrected chi connectivity index (χ3v) is 3.54. The fourth-order valence-electron chi connectivity index (χ4n) is 2.23. The number of halogens is 1. The lowest BCUT2D eigenvalue weighted by Gasteiger charge is -2.25. The SMILES string of the molecule is CN(CC1CCCN1C)C(=O)c1cnc(Cl)cn1. The molecule has 1 atom stereocenters. The molecule has 98 valence electrons. The molecule has 0 aromatic carbocycles. The van der Waals surface area contributed by atoms with Gasteiger partial charge in [0.1, 0.15) is 10.8 Å². The second-order valence-electron chi connectivity index (χ2n) is 4.69. The molecule has 0 bridgehead atoms. The van der Waals surface area contributed by atoms with Gasteiger partial charge in [-0.2, -0.15) is 0 Å². The number of carbonyl (C=O) groups excluding carboxylic acids is 1. The number of likely N-dealkylation sites (tertiary alicyclic amines) is 1. The summed E-state index contributed by atoms with van der Waals surface area (Å²) in [5.74, 6) is -0.112. The van der Waals surface area contributed by atoms with E-state index < -0.39 is 0 Å². The van der Waals surface area contributed by atoms with Crippen molar-refractivity contribution in [3.63, 3.8) is 0 Å². The van der Waals surface area contributed by atoms with Crippen molar-refractivity contribution < 1.29 is 4.79 Å². The minimum Gasteiger partial charge on any atom is -0.339 e. The maximum absolute atomic E-state index is 12.1. The van der Waals surface area contributed by atoms with Gasteiger partial charge in [-0.25, -0.2) is 9.97 Å². The van der Waals surface area contributed by atoms with Crippen LogP contribution in [-0.4, -0.2) is 58.9 Å². The zero-order chi connectivity index (χ0) is 13.1. The van der Waals surface area contributed by atoms with Crippen molar-refractivity contribution in [1.29, 1.82) is 0 Å². The number of likely N-dealkylation sites (N-methyl/N-ethyl adjacent to an activating group) is 2. The van der Waals surface area contributed by atoms with Crippen LogP contribution in [0.25, 0.3) is 0 Å². The van der Waals surface area contributed by atoms with Crippen LogP contribution in [0.3, 0.4) is 0 Å². The Hall–Kier alpha value is -1.20. The highest BCUT2D eigenvalue weighted by Gasteiger charge is 2.24. The summed E-state index contributed by atoms with van der Waals surface area (Å²) < 4.78 is 0. The van der Waals surface area contributed by atoms with Gasteiger partial charge in [-0.1, -0.05) is 11.6 Å². The van der Waals surface area contributed by atoms with Crippen molar-refractivity contribution in [2.75, 3.05) is 27.2 Å². The van der Waals surface area contributed by atoms with Gasteiger partial charge in [0.15, 0.2) is 0 Å². The summed E-state index contributed by atoms with van der Waals surface area (Å²) in [5, 5.41) is 0.296. The van der Waals surface area contributed by atoms with E-state index in [-0.39, 0.29) is 5.91 Å². The van der Waals surface area contributed by atoms with Crippen LogP contribution in [0.1, 0.15) is 23.3 Å². The van der Waals surface area contributed by atoms with E-state index in [0.29, 0.717) is 16.9 Å². The fourth-order valence-corrected chi connectivity index (χ4v) is 2.32. The quantitative estimate of drug-likeness (QED) is 0.829. The molecule has 1 saturated heterocycles. The number of hydrogen-bond acceptors (Lipinski definition) is 4. The summed E-state index contributed by atoms with van der Waals surface area (Å²) in [6.45, 7) is 1.83. The van der Waals surface area contributed by atoms with Crippen LogP contribution in [0.5, 0.6) is 0 Å². The highest BCUT2D eigenvalue weighted by Crippen LogP contribution is 2.16. The standard InChI is InChI=1S/C12H17ClN4O/c1-16-5-3-4-9(16)8-17(2)12(18)10-6-15-11(13)7-14-10/h6-7,9H,3-5,8H2,1-2H3. The Labute approximate surface area is 112 Å². The van der Waals surface area contributed by atoms with Crippen molar-refractivity contribution in [3.05, 3.63) is 23.2 Å². The molecule has 1 fully saturated rings. The van der Waals surface area contributed by atoms with Crippen LogP contribution in [-0.2, 0) is 0 Å². The highest BCUT2D eigenvalue weighted by atomic mass is 35.5. The van der Waals surface area contributed by atoms with Crippen LogP contribution < -0.4 is 0 Å². The number of carbonyl (C=O) groups is 1. The van der Waals surface area contributed by atoms with E-state index in [4.69, 9.17) is 11.6 Å². The van der Waals surface area contributed by atoms with Gasteiger partial charge in [-0.3, -0.25) is 4.79 Å². The normalized spacial score (nSPS) is 20.1. The lowest BCUT2D eigenvalue weighted by Crippen LogP contribution is -2.39. The predicted molar refractivity (Wildman–Crippen MR) is 69.7 cm³/mol. The number of nitrogens with zero attached hydrogens (tertiary/aromatic N) is 4. The van der Waals surface area contributed by atoms with E-state index in [9.17, 15) is 4.79 Å². The molecule has 1 unspecified atom stereocenters. The Bertz CT molecular complexity index is 423. The molecule has 0 saturated carbocycles. The third kappa shape index (κ3) is 2.97. The summed E-state index contributed by atoms with van der Waals surface area (Å²) in [7, 11) is 3.89. The predicted octanol–water partition coefficient (Wildman–Crippen LogP) is 1.30. The summed E-state index contributed by atoms with van der Waals surface area (Å²) in [4.78, 5) is 24.0. The van der Waals surface area contributed by atoms with Gasteiger partial charge in [-0.05, 0) is 26.4 Å². The molecule has 18 heavy (non-hydrogen) atoms. The number of aromatic nitrogens is 2. The first-order valence-electron chi connectivity index (χ1n) is 6.01. The molecular formula is C12H17ClN4O. The monoisotopic (exact) mass is 268 g/mol. The second-order valence-corrected chi connectivity index (χ2v) is 5.07. The van der Waals surface area contributed by atoms with E-state index in [1.54, 1.807) is 11.9 Å². The minimum atomic E-state index is -0.112. The Balaban J connectivity index is 1.98. The Morgan fingerprint density at radius 1 is 1.56 bits per heavy atom. The molecule has 1 aliphatic rings. The fraction of sp³-hybridized carbons (Fsp3) is 0.583. The van der Waals surface area contributed by atoms with Crippen molar-refractivity contribution >= 4 is 17.5 Å². The first kappa shape index (κ1) is 13.2. The van der Waals surface area contributed by atoms with E-state index in [2.05, 4.69) is 21.9 Å². The minimum absolute atomic E-state index is 0.112. The Morgan fingerprint density at radius 2 is 2.33 bits per heavy atom. The molecule has 0 radical (unpaired) electrons. The van der Waals surface area contributed by atoms with Crippen molar-refractivity contribution in [2.24, 2.45) is 0 Å². The smallest absolute Gasteiger partial charge is 0.273 e. The molecule has 1 amide bonds. The van der Waals surface area contributed by atoms with Gasteiger partial charge in [0.2, 0.25) is 0 Å². The van der Waals surface area contributed by atoms with Gasteiger partial charge < -0.3 is 9.80 Å². The summed E-state index contributed by atoms with van der Waals surface area (Å²) in [6.07, 6.45) is 5.15. The number of amides is 1. The molecule has 2 heterocycles. The Morgan fingerprint density at radius 3 is 2.89 bits per heavy atom. The number of rotatable bonds is 3. The lowest BCUT2D eigenvalue weighted by molar-refractivity contribution is 0.0755. The molecule has 1 aliphatic heterocycles. The molecule has 2 rings (SSSR count). The average molecular weight is 269 g/mol. The highest BCUT2D eigenvalue weighted by molar-refractivity contribution is 6.29. The molecule has 1 aromatic heterocycles. The van der Waals surface area contributed by atoms with E-state index in [1.165, 1.54) is 18.8 Å². The van der Waals surface area contributed by atoms with E-state index in [0.717, 1.165) is 19.5 Å². The van der Waals surface area contributed by atoms with Gasteiger partial charge >= 0.3 is 0 Å². The van der Waals surface area contributed by atoms with Crippen LogP contribution in [0.15, 0.2) is 12.4 Å². The largest absolute Gasteiger partial charge is 0.339 e. The van der Waals surface area contributed by atoms with E-state index in [1.807, 2.05) is 0 Å². The number of hydrogen-bond donors (Lipinski definition) is 0. The summed E-state index contributed by atoms with van der Waals surface area (Å²) >= 11 is 5.65. The molecule has 1 aromatic rings. The maximum Gasteiger partial charge on any atom is 0.273 e. The first-order valence-corrected chi connectivity index (χ1v) is 6.39. The maximum atomic E-state index is 12.1. The van der Waals surface area contributed by atoms with Crippen molar-refractivity contribution in [1.82, 2.24) is 19.8 Å². The molecule has 0 aliphatic carbocycles. The summed E-state index contributed by atoms with van der Waals surface area (Å²) in [6, 6.07) is 0.444. The topological polar surface area (TPSA) is 49.3 Å². The van der Waals surface area contributed by atoms with Crippen LogP contribution in [0, 0.1) is 0 Å².